The maximum absolute atomic E-state index is 12.8. The van der Waals surface area contributed by atoms with Crippen LogP contribution in [0.2, 0.25) is 0 Å². The average Bonchev–Trinajstić information content (AvgIpc) is 3.34. The van der Waals surface area contributed by atoms with Gasteiger partial charge in [0.1, 0.15) is 11.1 Å². The number of carbonyl (C=O) groups excluding carboxylic acids is 1. The highest BCUT2D eigenvalue weighted by molar-refractivity contribution is 8.00. The minimum atomic E-state index is -3.03. The molecule has 1 amide bonds. The number of nitrogens with zero attached hydrogens (tertiary/aromatic N) is 3. The third-order valence-corrected chi connectivity index (χ3v) is 7.95. The number of nitriles is 1. The molecule has 0 unspecified atom stereocenters. The number of rotatable bonds is 5. The van der Waals surface area contributed by atoms with Gasteiger partial charge < -0.3 is 4.90 Å². The molecule has 140 valence electrons. The Kier molecular flexibility index (Phi) is 5.31. The predicted molar refractivity (Wildman–Crippen MR) is 101 cm³/mol. The molecule has 2 fully saturated rings. The fourth-order valence-electron chi connectivity index (χ4n) is 3.40. The van der Waals surface area contributed by atoms with Gasteiger partial charge in [-0.15, -0.1) is 0 Å². The van der Waals surface area contributed by atoms with Crippen molar-refractivity contribution in [3.8, 4) is 6.07 Å². The van der Waals surface area contributed by atoms with E-state index in [1.807, 2.05) is 20.8 Å². The summed E-state index contributed by atoms with van der Waals surface area (Å²) in [6, 6.07) is 2.17. The van der Waals surface area contributed by atoms with Crippen LogP contribution < -0.4 is 0 Å². The molecule has 0 spiro atoms. The van der Waals surface area contributed by atoms with E-state index in [1.165, 1.54) is 11.8 Å². The second kappa shape index (κ2) is 7.20. The van der Waals surface area contributed by atoms with Crippen LogP contribution in [0.25, 0.3) is 0 Å². The van der Waals surface area contributed by atoms with E-state index in [9.17, 15) is 18.5 Å². The van der Waals surface area contributed by atoms with Crippen LogP contribution in [-0.4, -0.2) is 53.6 Å². The average molecular weight is 394 g/mol. The lowest BCUT2D eigenvalue weighted by atomic mass is 10.1. The molecule has 8 heteroatoms. The van der Waals surface area contributed by atoms with Crippen molar-refractivity contribution in [3.05, 3.63) is 22.4 Å². The van der Waals surface area contributed by atoms with Crippen LogP contribution in [0.3, 0.4) is 0 Å². The van der Waals surface area contributed by atoms with Gasteiger partial charge in [0.15, 0.2) is 9.84 Å². The topological polar surface area (TPSA) is 91.1 Å². The first-order valence-electron chi connectivity index (χ1n) is 8.75. The van der Waals surface area contributed by atoms with Crippen molar-refractivity contribution in [1.82, 2.24) is 9.88 Å². The second-order valence-corrected chi connectivity index (χ2v) is 10.3. The molecule has 1 aromatic rings. The van der Waals surface area contributed by atoms with Gasteiger partial charge in [0.05, 0.1) is 22.8 Å². The van der Waals surface area contributed by atoms with Gasteiger partial charge in [-0.05, 0) is 51.2 Å². The van der Waals surface area contributed by atoms with Crippen LogP contribution >= 0.6 is 11.8 Å². The number of pyridine rings is 1. The van der Waals surface area contributed by atoms with E-state index in [0.717, 1.165) is 29.7 Å². The van der Waals surface area contributed by atoms with Crippen molar-refractivity contribution in [1.29, 1.82) is 5.26 Å². The van der Waals surface area contributed by atoms with Gasteiger partial charge in [0, 0.05) is 17.8 Å². The summed E-state index contributed by atoms with van der Waals surface area (Å²) in [7, 11) is -3.03. The van der Waals surface area contributed by atoms with Crippen molar-refractivity contribution < 1.29 is 13.2 Å². The minimum Gasteiger partial charge on any atom is -0.335 e. The summed E-state index contributed by atoms with van der Waals surface area (Å²) < 4.78 is 23.6. The molecule has 2 aliphatic rings. The molecule has 1 atom stereocenters. The van der Waals surface area contributed by atoms with E-state index >= 15 is 0 Å². The Labute approximate surface area is 158 Å². The Morgan fingerprint density at radius 3 is 2.46 bits per heavy atom. The maximum Gasteiger partial charge on any atom is 0.233 e. The van der Waals surface area contributed by atoms with Gasteiger partial charge in [-0.3, -0.25) is 4.79 Å². The molecule has 0 bridgehead atoms. The molecule has 1 aliphatic heterocycles. The Bertz CT molecular complexity index is 886. The molecule has 2 heterocycles. The van der Waals surface area contributed by atoms with Crippen molar-refractivity contribution in [3.63, 3.8) is 0 Å². The highest BCUT2D eigenvalue weighted by Gasteiger charge is 2.41. The fraction of sp³-hybridized carbons (Fsp3) is 0.611. The van der Waals surface area contributed by atoms with Gasteiger partial charge in [-0.1, -0.05) is 11.8 Å². The van der Waals surface area contributed by atoms with E-state index in [1.54, 1.807) is 4.90 Å². The van der Waals surface area contributed by atoms with Crippen LogP contribution in [0.1, 0.15) is 41.6 Å². The summed E-state index contributed by atoms with van der Waals surface area (Å²) in [4.78, 5) is 19.1. The molecule has 3 rings (SSSR count). The number of hydrogen-bond donors (Lipinski definition) is 0. The van der Waals surface area contributed by atoms with Crippen LogP contribution in [0.15, 0.2) is 5.03 Å². The largest absolute Gasteiger partial charge is 0.335 e. The summed E-state index contributed by atoms with van der Waals surface area (Å²) >= 11 is 1.27. The first kappa shape index (κ1) is 19.2. The van der Waals surface area contributed by atoms with Crippen LogP contribution in [0.5, 0.6) is 0 Å². The highest BCUT2D eigenvalue weighted by Crippen LogP contribution is 2.34. The Hall–Kier alpha value is -1.59. The number of amides is 1. The number of aryl methyl sites for hydroxylation is 1. The van der Waals surface area contributed by atoms with E-state index in [2.05, 4.69) is 11.1 Å². The number of thioether (sulfide) groups is 1. The van der Waals surface area contributed by atoms with Gasteiger partial charge >= 0.3 is 0 Å². The first-order valence-corrected chi connectivity index (χ1v) is 11.6. The summed E-state index contributed by atoms with van der Waals surface area (Å²) in [5.74, 6) is 0.361. The fourth-order valence-corrected chi connectivity index (χ4v) is 6.07. The second-order valence-electron chi connectivity index (χ2n) is 7.12. The van der Waals surface area contributed by atoms with Gasteiger partial charge in [0.2, 0.25) is 5.91 Å². The first-order chi connectivity index (χ1) is 12.2. The van der Waals surface area contributed by atoms with Gasteiger partial charge in [0.25, 0.3) is 0 Å². The predicted octanol–water partition coefficient (Wildman–Crippen LogP) is 2.15. The molecule has 0 radical (unpaired) electrons. The van der Waals surface area contributed by atoms with Crippen molar-refractivity contribution >= 4 is 27.5 Å². The molecule has 1 saturated heterocycles. The number of hydrogen-bond acceptors (Lipinski definition) is 6. The van der Waals surface area contributed by atoms with E-state index in [4.69, 9.17) is 0 Å². The minimum absolute atomic E-state index is 0.0545. The summed E-state index contributed by atoms with van der Waals surface area (Å²) in [6.45, 7) is 5.73. The summed E-state index contributed by atoms with van der Waals surface area (Å²) in [6.07, 6.45) is 2.41. The lowest BCUT2D eigenvalue weighted by Gasteiger charge is -2.28. The summed E-state index contributed by atoms with van der Waals surface area (Å²) in [5.41, 5.74) is 3.27. The van der Waals surface area contributed by atoms with Crippen molar-refractivity contribution in [2.24, 2.45) is 0 Å². The van der Waals surface area contributed by atoms with Gasteiger partial charge in [-0.2, -0.15) is 5.26 Å². The zero-order valence-electron chi connectivity index (χ0n) is 15.3. The molecule has 0 aromatic carbocycles. The standard InChI is InChI=1S/C18H23N3O3S2/c1-11-12(2)16(8-19)18(20-13(11)3)25-9-17(22)21(14-4-5-14)15-6-7-26(23,24)10-15/h14-15H,4-7,9-10H2,1-3H3/t15-/m0/s1. The lowest BCUT2D eigenvalue weighted by Crippen LogP contribution is -2.43. The quantitative estimate of drug-likeness (QED) is 0.712. The number of sulfone groups is 1. The molecular formula is C18H23N3O3S2. The molecule has 0 N–H and O–H groups in total. The highest BCUT2D eigenvalue weighted by atomic mass is 32.2. The Morgan fingerprint density at radius 2 is 1.92 bits per heavy atom. The van der Waals surface area contributed by atoms with Crippen LogP contribution in [0, 0.1) is 32.1 Å². The normalized spacial score (nSPS) is 21.4. The zero-order valence-corrected chi connectivity index (χ0v) is 16.9. The molecule has 6 nitrogen and oxygen atoms in total. The molecule has 1 aromatic heterocycles. The van der Waals surface area contributed by atoms with Crippen LogP contribution in [0.4, 0.5) is 0 Å². The van der Waals surface area contributed by atoms with Crippen molar-refractivity contribution in [2.75, 3.05) is 17.3 Å². The molecule has 1 aliphatic carbocycles. The smallest absolute Gasteiger partial charge is 0.233 e. The van der Waals surface area contributed by atoms with E-state index in [-0.39, 0.29) is 35.2 Å². The number of aromatic nitrogens is 1. The SMILES string of the molecule is Cc1nc(SCC(=O)N(C2CC2)[C@H]2CCS(=O)(=O)C2)c(C#N)c(C)c1C. The monoisotopic (exact) mass is 393 g/mol. The third kappa shape index (κ3) is 3.89. The van der Waals surface area contributed by atoms with E-state index in [0.29, 0.717) is 17.0 Å². The lowest BCUT2D eigenvalue weighted by molar-refractivity contribution is -0.130. The third-order valence-electron chi connectivity index (χ3n) is 5.24. The zero-order chi connectivity index (χ0) is 19.1. The number of carbonyl (C=O) groups is 1. The molecular weight excluding hydrogens is 370 g/mol. The van der Waals surface area contributed by atoms with Crippen LogP contribution in [-0.2, 0) is 14.6 Å². The Morgan fingerprint density at radius 1 is 1.23 bits per heavy atom. The molecule has 1 saturated carbocycles. The van der Waals surface area contributed by atoms with E-state index < -0.39 is 9.84 Å². The van der Waals surface area contributed by atoms with Gasteiger partial charge in [-0.25, -0.2) is 13.4 Å². The van der Waals surface area contributed by atoms with Crippen molar-refractivity contribution in [2.45, 2.75) is 57.1 Å². The summed E-state index contributed by atoms with van der Waals surface area (Å²) in [5, 5.41) is 10.0. The molecule has 26 heavy (non-hydrogen) atoms. The Balaban J connectivity index is 1.75. The maximum atomic E-state index is 12.8.